The van der Waals surface area contributed by atoms with E-state index in [-0.39, 0.29) is 109 Å². The molecule has 1 aromatic carbocycles. The molecule has 7 rings (SSSR count). The highest BCUT2D eigenvalue weighted by Gasteiger charge is 2.44. The second-order valence-corrected chi connectivity index (χ2v) is 20.9. The van der Waals surface area contributed by atoms with Gasteiger partial charge in [-0.2, -0.15) is 0 Å². The number of rotatable bonds is 26. The molecule has 0 aliphatic carbocycles. The molecule has 408 valence electrons. The largest absolute Gasteiger partial charge is 0.391 e. The van der Waals surface area contributed by atoms with Crippen molar-refractivity contribution in [2.24, 2.45) is 5.41 Å². The molecule has 1 fully saturated rings. The summed E-state index contributed by atoms with van der Waals surface area (Å²) in [5.41, 5.74) is 6.54. The molecular formula is C53H71N13O9S. The Morgan fingerprint density at radius 1 is 0.947 bits per heavy atom. The molecule has 22 nitrogen and oxygen atoms in total. The predicted octanol–water partition coefficient (Wildman–Crippen LogP) is 3.26. The molecule has 76 heavy (non-hydrogen) atoms. The number of β-amino-alcohol motifs (C(OH)–C–C–N with tert-alkyl or cyclic N) is 1. The normalized spacial score (nSPS) is 15.8. The monoisotopic (exact) mass is 1070 g/mol. The lowest BCUT2D eigenvalue weighted by Crippen LogP contribution is -2.58. The van der Waals surface area contributed by atoms with Crippen LogP contribution < -0.4 is 31.1 Å². The lowest BCUT2D eigenvalue weighted by molar-refractivity contribution is -0.144. The average molecular weight is 1070 g/mol. The Morgan fingerprint density at radius 3 is 2.38 bits per heavy atom. The molecule has 0 radical (unpaired) electrons. The summed E-state index contributed by atoms with van der Waals surface area (Å²) in [7, 11) is 1.93. The molecule has 2 aliphatic rings. The lowest BCUT2D eigenvalue weighted by Gasteiger charge is -2.35. The Kier molecular flexibility index (Phi) is 19.7. The number of aromatic nitrogens is 6. The van der Waals surface area contributed by atoms with Gasteiger partial charge in [-0.15, -0.1) is 21.5 Å². The van der Waals surface area contributed by atoms with Gasteiger partial charge in [0.15, 0.2) is 5.82 Å². The van der Waals surface area contributed by atoms with Crippen LogP contribution in [0.4, 0.5) is 11.6 Å². The van der Waals surface area contributed by atoms with Crippen LogP contribution in [0.5, 0.6) is 0 Å². The van der Waals surface area contributed by atoms with Crippen LogP contribution in [0, 0.1) is 12.3 Å². The number of likely N-dealkylation sites (tertiary alicyclic amines) is 1. The molecule has 6 heterocycles. The second-order valence-electron chi connectivity index (χ2n) is 20.0. The van der Waals surface area contributed by atoms with Crippen molar-refractivity contribution in [3.8, 4) is 22.0 Å². The summed E-state index contributed by atoms with van der Waals surface area (Å²) < 4.78 is 18.6. The number of hydrogen-bond acceptors (Lipinski definition) is 17. The van der Waals surface area contributed by atoms with E-state index in [1.54, 1.807) is 34.1 Å². The Bertz CT molecular complexity index is 2800. The molecule has 0 unspecified atom stereocenters. The third kappa shape index (κ3) is 14.6. The quantitative estimate of drug-likeness (QED) is 0.0498. The lowest BCUT2D eigenvalue weighted by atomic mass is 9.85. The van der Waals surface area contributed by atoms with Gasteiger partial charge in [-0.25, -0.2) is 15.0 Å². The number of carbonyl (C=O) groups is 5. The number of pyridine rings is 2. The zero-order valence-corrected chi connectivity index (χ0v) is 45.4. The molecule has 0 saturated carbocycles. The number of aryl methyl sites for hydroxylation is 2. The van der Waals surface area contributed by atoms with Gasteiger partial charge in [0, 0.05) is 57.8 Å². The van der Waals surface area contributed by atoms with E-state index in [9.17, 15) is 29.1 Å². The summed E-state index contributed by atoms with van der Waals surface area (Å²) >= 11 is 1.56. The first-order valence-electron chi connectivity index (χ1n) is 25.6. The van der Waals surface area contributed by atoms with E-state index in [0.717, 1.165) is 27.3 Å². The maximum absolute atomic E-state index is 14.0. The third-order valence-electron chi connectivity index (χ3n) is 13.2. The molecule has 3 atom stereocenters. The topological polar surface area (TPSA) is 260 Å². The molecule has 4 aromatic heterocycles. The number of carbonyl (C=O) groups excluding carboxylic acids is 5. The van der Waals surface area contributed by atoms with Crippen LogP contribution in [-0.2, 0) is 59.6 Å². The summed E-state index contributed by atoms with van der Waals surface area (Å²) in [6, 6.07) is 13.4. The van der Waals surface area contributed by atoms with Crippen molar-refractivity contribution >= 4 is 52.5 Å². The fourth-order valence-electron chi connectivity index (χ4n) is 8.72. The maximum Gasteiger partial charge on any atom is 0.260 e. The van der Waals surface area contributed by atoms with E-state index < -0.39 is 35.4 Å². The van der Waals surface area contributed by atoms with E-state index in [1.165, 1.54) is 4.90 Å². The summed E-state index contributed by atoms with van der Waals surface area (Å²) in [6.07, 6.45) is 0.838. The van der Waals surface area contributed by atoms with E-state index in [2.05, 4.69) is 36.4 Å². The van der Waals surface area contributed by atoms with Crippen LogP contribution in [0.1, 0.15) is 80.8 Å². The number of aliphatic hydroxyl groups is 1. The van der Waals surface area contributed by atoms with Gasteiger partial charge in [-0.05, 0) is 62.4 Å². The van der Waals surface area contributed by atoms with Gasteiger partial charge in [0.1, 0.15) is 42.3 Å². The molecular weight excluding hydrogens is 995 g/mol. The van der Waals surface area contributed by atoms with E-state index >= 15 is 0 Å². The molecule has 0 bridgehead atoms. The van der Waals surface area contributed by atoms with Crippen molar-refractivity contribution in [1.29, 1.82) is 0 Å². The van der Waals surface area contributed by atoms with Crippen molar-refractivity contribution in [2.75, 3.05) is 76.1 Å². The molecule has 23 heteroatoms. The number of aliphatic hydroxyl groups excluding tert-OH is 1. The minimum absolute atomic E-state index is 0.0162. The Balaban J connectivity index is 0.772. The number of anilines is 2. The molecule has 0 spiro atoms. The van der Waals surface area contributed by atoms with Gasteiger partial charge >= 0.3 is 0 Å². The van der Waals surface area contributed by atoms with Crippen LogP contribution in [0.3, 0.4) is 0 Å². The maximum atomic E-state index is 14.0. The van der Waals surface area contributed by atoms with Gasteiger partial charge in [0.25, 0.3) is 5.91 Å². The van der Waals surface area contributed by atoms with Crippen LogP contribution in [0.2, 0.25) is 0 Å². The number of ether oxygens (including phenoxy) is 3. The number of benzene rings is 1. The van der Waals surface area contributed by atoms with Crippen LogP contribution in [0.25, 0.3) is 22.0 Å². The molecule has 1 saturated heterocycles. The average Bonchev–Trinajstić information content (AvgIpc) is 4.24. The fourth-order valence-corrected chi connectivity index (χ4v) is 9.53. The zero-order valence-electron chi connectivity index (χ0n) is 44.6. The second kappa shape index (κ2) is 26.3. The first-order valence-corrected chi connectivity index (χ1v) is 26.5. The van der Waals surface area contributed by atoms with Crippen LogP contribution in [-0.4, -0.2) is 160 Å². The summed E-state index contributed by atoms with van der Waals surface area (Å²) in [5, 5.41) is 30.5. The summed E-state index contributed by atoms with van der Waals surface area (Å²) in [6.45, 7) is 15.9. The molecule has 2 aliphatic heterocycles. The highest BCUT2D eigenvalue weighted by atomic mass is 32.1. The van der Waals surface area contributed by atoms with Crippen molar-refractivity contribution < 1.29 is 43.3 Å². The van der Waals surface area contributed by atoms with Gasteiger partial charge in [0.05, 0.1) is 79.6 Å². The molecule has 5 aromatic rings. The first-order chi connectivity index (χ1) is 36.4. The Morgan fingerprint density at radius 2 is 1.68 bits per heavy atom. The van der Waals surface area contributed by atoms with Gasteiger partial charge in [-0.3, -0.25) is 28.9 Å². The van der Waals surface area contributed by atoms with Crippen molar-refractivity contribution in [3.05, 3.63) is 88.4 Å². The molecule has 5 amide bonds. The smallest absolute Gasteiger partial charge is 0.260 e. The number of hydrogen-bond donors (Lipinski definition) is 5. The fraction of sp³-hybridized carbons (Fsp3) is 0.509. The minimum atomic E-state index is -0.991. The third-order valence-corrected chi connectivity index (χ3v) is 14.1. The summed E-state index contributed by atoms with van der Waals surface area (Å²) in [4.78, 5) is 87.3. The number of fused-ring (bicyclic) bond motifs is 1. The van der Waals surface area contributed by atoms with Gasteiger partial charge in [0.2, 0.25) is 23.6 Å². The predicted molar refractivity (Wildman–Crippen MR) is 286 cm³/mol. The standard InChI is InChI=1S/C53H71N13O9S/c1-9-64-31-58-62-49(64)40-11-10-12-43(59-40)66-29-39-38(51(66)71)24-44(63(8)33(2)3)60-41(39)26-54-27-45(68)55-17-18-73-19-20-74-21-22-75-30-46(69)61-48(53(5,6)7)52(72)65-28-37(67)23-42(65)50(70)56-25-35-13-15-36(16-14-35)47-34(4)57-32-76-47/h10-16,24,31-33,37,42,48,54,67H,9,17-23,25-30H2,1-8H3,(H,55,68)(H,56,70)(H,61,69)/t37-,42+,48-/m1/s1. The highest BCUT2D eigenvalue weighted by Crippen LogP contribution is 2.33. The number of amides is 5. The van der Waals surface area contributed by atoms with Crippen molar-refractivity contribution in [3.63, 3.8) is 0 Å². The number of nitrogens with one attached hydrogen (secondary N) is 4. The Hall–Kier alpha value is -6.76. The number of thiazole rings is 1. The number of nitrogens with zero attached hydrogens (tertiary/aromatic N) is 9. The van der Waals surface area contributed by atoms with E-state index in [4.69, 9.17) is 24.2 Å². The summed E-state index contributed by atoms with van der Waals surface area (Å²) in [5.74, 6) is -0.0293. The zero-order chi connectivity index (χ0) is 54.5. The van der Waals surface area contributed by atoms with Crippen molar-refractivity contribution in [1.82, 2.24) is 55.9 Å². The van der Waals surface area contributed by atoms with Gasteiger partial charge in [-0.1, -0.05) is 51.1 Å². The minimum Gasteiger partial charge on any atom is -0.391 e. The SMILES string of the molecule is CCn1cnnc1-c1cccc(N2Cc3c(cc(N(C)C(C)C)nc3CNCC(=O)NCCOCCOCCOCC(=O)N[C@H](C(=O)N3C[C@H](O)C[C@H]3C(=O)NCc3ccc(-c4scnc4C)cc3)C(C)(C)C)C2=O)n1. The van der Waals surface area contributed by atoms with E-state index in [0.29, 0.717) is 41.0 Å². The molecule has 5 N–H and O–H groups in total. The first kappa shape index (κ1) is 57.0. The van der Waals surface area contributed by atoms with Gasteiger partial charge < -0.3 is 55.0 Å². The van der Waals surface area contributed by atoms with Crippen LogP contribution >= 0.6 is 11.3 Å². The Labute approximate surface area is 447 Å². The van der Waals surface area contributed by atoms with Crippen LogP contribution in [0.15, 0.2) is 60.4 Å². The van der Waals surface area contributed by atoms with Crippen molar-refractivity contribution in [2.45, 2.75) is 105 Å². The van der Waals surface area contributed by atoms with E-state index in [1.807, 2.05) is 107 Å². The highest BCUT2D eigenvalue weighted by molar-refractivity contribution is 7.13.